The Balaban J connectivity index is 2.27. The molecule has 0 radical (unpaired) electrons. The Bertz CT molecular complexity index is 344. The lowest BCUT2D eigenvalue weighted by Crippen LogP contribution is -2.20. The summed E-state index contributed by atoms with van der Waals surface area (Å²) in [5, 5.41) is 14.5. The molecule has 1 aromatic rings. The van der Waals surface area contributed by atoms with Gasteiger partial charge in [0.1, 0.15) is 10.0 Å². The third-order valence-corrected chi connectivity index (χ3v) is 4.60. The summed E-state index contributed by atoms with van der Waals surface area (Å²) in [5.74, 6) is 0.612. The molecule has 0 aliphatic heterocycles. The van der Waals surface area contributed by atoms with Gasteiger partial charge in [0.15, 0.2) is 0 Å². The molecule has 1 rings (SSSR count). The second kappa shape index (κ2) is 11.2. The number of ether oxygens (including phenoxy) is 1. The van der Waals surface area contributed by atoms with Crippen LogP contribution in [0.4, 0.5) is 0 Å². The van der Waals surface area contributed by atoms with E-state index in [1.165, 1.54) is 35.7 Å². The zero-order valence-corrected chi connectivity index (χ0v) is 14.0. The van der Waals surface area contributed by atoms with E-state index in [0.29, 0.717) is 5.92 Å². The van der Waals surface area contributed by atoms with Crippen molar-refractivity contribution in [1.29, 1.82) is 0 Å². The number of nitrogens with zero attached hydrogens (tertiary/aromatic N) is 2. The van der Waals surface area contributed by atoms with Crippen molar-refractivity contribution in [2.75, 3.05) is 26.8 Å². The van der Waals surface area contributed by atoms with E-state index in [4.69, 9.17) is 4.74 Å². The van der Waals surface area contributed by atoms with Gasteiger partial charge in [-0.25, -0.2) is 0 Å². The van der Waals surface area contributed by atoms with Crippen LogP contribution in [0.15, 0.2) is 0 Å². The minimum Gasteiger partial charge on any atom is -0.383 e. The smallest absolute Gasteiger partial charge is 0.120 e. The fourth-order valence-corrected chi connectivity index (χ4v) is 3.25. The number of hydrogen-bond donors (Lipinski definition) is 1. The molecule has 1 N–H and O–H groups in total. The summed E-state index contributed by atoms with van der Waals surface area (Å²) in [6.07, 6.45) is 7.12. The topological polar surface area (TPSA) is 47.0 Å². The van der Waals surface area contributed by atoms with Gasteiger partial charge in [0.25, 0.3) is 0 Å². The second-order valence-electron chi connectivity index (χ2n) is 5.13. The monoisotopic (exact) mass is 299 g/mol. The highest BCUT2D eigenvalue weighted by Gasteiger charge is 2.14. The van der Waals surface area contributed by atoms with Crippen molar-refractivity contribution in [3.8, 4) is 0 Å². The second-order valence-corrected chi connectivity index (χ2v) is 6.22. The zero-order valence-electron chi connectivity index (χ0n) is 13.2. The number of aryl methyl sites for hydroxylation is 1. The summed E-state index contributed by atoms with van der Waals surface area (Å²) in [4.78, 5) is 0. The van der Waals surface area contributed by atoms with E-state index in [1.807, 2.05) is 11.3 Å². The molecule has 0 aromatic carbocycles. The average molecular weight is 299 g/mol. The summed E-state index contributed by atoms with van der Waals surface area (Å²) in [6.45, 7) is 7.21. The molecule has 0 bridgehead atoms. The molecule has 0 amide bonds. The Kier molecular flexibility index (Phi) is 9.79. The summed E-state index contributed by atoms with van der Waals surface area (Å²) in [5.41, 5.74) is 0. The molecule has 0 saturated carbocycles. The molecule has 1 aromatic heterocycles. The lowest BCUT2D eigenvalue weighted by Gasteiger charge is -2.09. The van der Waals surface area contributed by atoms with Gasteiger partial charge >= 0.3 is 0 Å². The maximum Gasteiger partial charge on any atom is 0.120 e. The fourth-order valence-electron chi connectivity index (χ4n) is 2.15. The van der Waals surface area contributed by atoms with Crippen LogP contribution in [0.5, 0.6) is 0 Å². The van der Waals surface area contributed by atoms with Crippen molar-refractivity contribution < 1.29 is 4.74 Å². The summed E-state index contributed by atoms with van der Waals surface area (Å²) in [7, 11) is 1.73. The van der Waals surface area contributed by atoms with E-state index in [9.17, 15) is 0 Å². The van der Waals surface area contributed by atoms with Gasteiger partial charge in [-0.05, 0) is 25.8 Å². The number of aromatic nitrogens is 2. The van der Waals surface area contributed by atoms with Crippen LogP contribution in [-0.2, 0) is 11.2 Å². The van der Waals surface area contributed by atoms with Crippen molar-refractivity contribution in [3.63, 3.8) is 0 Å². The predicted octanol–water partition coefficient (Wildman–Crippen LogP) is 3.39. The first-order chi connectivity index (χ1) is 9.81. The predicted molar refractivity (Wildman–Crippen MR) is 85.5 cm³/mol. The van der Waals surface area contributed by atoms with Crippen molar-refractivity contribution in [2.24, 2.45) is 0 Å². The van der Waals surface area contributed by atoms with Gasteiger partial charge in [-0.2, -0.15) is 0 Å². The Morgan fingerprint density at radius 3 is 2.75 bits per heavy atom. The Morgan fingerprint density at radius 2 is 2.05 bits per heavy atom. The van der Waals surface area contributed by atoms with E-state index in [0.717, 1.165) is 32.5 Å². The van der Waals surface area contributed by atoms with Gasteiger partial charge < -0.3 is 10.1 Å². The highest BCUT2D eigenvalue weighted by atomic mass is 32.1. The number of nitrogens with one attached hydrogen (secondary N) is 1. The van der Waals surface area contributed by atoms with Gasteiger partial charge in [-0.15, -0.1) is 21.5 Å². The average Bonchev–Trinajstić information content (AvgIpc) is 2.92. The number of hydrogen-bond acceptors (Lipinski definition) is 5. The molecule has 5 heteroatoms. The normalized spacial score (nSPS) is 12.8. The maximum absolute atomic E-state index is 5.00. The maximum atomic E-state index is 5.00. The van der Waals surface area contributed by atoms with Crippen molar-refractivity contribution in [3.05, 3.63) is 10.0 Å². The number of methoxy groups -OCH3 is 1. The SMILES string of the molecule is CCCCC(CC)c1nnc(CCCNCCOC)s1. The molecule has 0 saturated heterocycles. The summed E-state index contributed by atoms with van der Waals surface area (Å²) < 4.78 is 5.00. The lowest BCUT2D eigenvalue weighted by molar-refractivity contribution is 0.199. The fraction of sp³-hybridized carbons (Fsp3) is 0.867. The molecule has 0 spiro atoms. The first kappa shape index (κ1) is 17.5. The lowest BCUT2D eigenvalue weighted by atomic mass is 10.0. The molecule has 1 atom stereocenters. The van der Waals surface area contributed by atoms with Crippen LogP contribution in [0.3, 0.4) is 0 Å². The van der Waals surface area contributed by atoms with Gasteiger partial charge in [0.2, 0.25) is 0 Å². The van der Waals surface area contributed by atoms with Crippen LogP contribution < -0.4 is 5.32 Å². The van der Waals surface area contributed by atoms with E-state index in [1.54, 1.807) is 7.11 Å². The molecular formula is C15H29N3OS. The van der Waals surface area contributed by atoms with E-state index >= 15 is 0 Å². The molecule has 116 valence electrons. The van der Waals surface area contributed by atoms with Crippen molar-refractivity contribution >= 4 is 11.3 Å². The molecule has 0 aliphatic rings. The quantitative estimate of drug-likeness (QED) is 0.601. The Labute approximate surface area is 127 Å². The third-order valence-electron chi connectivity index (χ3n) is 3.46. The van der Waals surface area contributed by atoms with Gasteiger partial charge in [-0.3, -0.25) is 0 Å². The van der Waals surface area contributed by atoms with Crippen LogP contribution in [0, 0.1) is 0 Å². The van der Waals surface area contributed by atoms with E-state index in [-0.39, 0.29) is 0 Å². The Hall–Kier alpha value is -0.520. The van der Waals surface area contributed by atoms with Crippen LogP contribution in [0.25, 0.3) is 0 Å². The molecule has 0 aliphatic carbocycles. The van der Waals surface area contributed by atoms with Crippen LogP contribution >= 0.6 is 11.3 Å². The largest absolute Gasteiger partial charge is 0.383 e. The standard InChI is InChI=1S/C15H29N3OS/c1-4-6-8-13(5-2)15-18-17-14(20-15)9-7-10-16-11-12-19-3/h13,16H,4-12H2,1-3H3. The first-order valence-electron chi connectivity index (χ1n) is 7.83. The van der Waals surface area contributed by atoms with Gasteiger partial charge in [-0.1, -0.05) is 26.7 Å². The van der Waals surface area contributed by atoms with Crippen LogP contribution in [0.1, 0.15) is 61.9 Å². The van der Waals surface area contributed by atoms with Crippen molar-refractivity contribution in [1.82, 2.24) is 15.5 Å². The van der Waals surface area contributed by atoms with Crippen molar-refractivity contribution in [2.45, 2.75) is 58.3 Å². The molecular weight excluding hydrogens is 270 g/mol. The highest BCUT2D eigenvalue weighted by molar-refractivity contribution is 7.11. The minimum atomic E-state index is 0.612. The third kappa shape index (κ3) is 6.77. The molecule has 0 fully saturated rings. The van der Waals surface area contributed by atoms with Gasteiger partial charge in [0.05, 0.1) is 6.61 Å². The zero-order chi connectivity index (χ0) is 14.6. The highest BCUT2D eigenvalue weighted by Crippen LogP contribution is 2.28. The molecule has 20 heavy (non-hydrogen) atoms. The Morgan fingerprint density at radius 1 is 1.20 bits per heavy atom. The number of rotatable bonds is 12. The molecule has 1 unspecified atom stereocenters. The van der Waals surface area contributed by atoms with E-state index in [2.05, 4.69) is 29.4 Å². The van der Waals surface area contributed by atoms with E-state index < -0.39 is 0 Å². The minimum absolute atomic E-state index is 0.612. The first-order valence-corrected chi connectivity index (χ1v) is 8.65. The van der Waals surface area contributed by atoms with Crippen LogP contribution in [0.2, 0.25) is 0 Å². The summed E-state index contributed by atoms with van der Waals surface area (Å²) >= 11 is 1.81. The van der Waals surface area contributed by atoms with Crippen LogP contribution in [-0.4, -0.2) is 37.0 Å². The number of unbranched alkanes of at least 4 members (excludes halogenated alkanes) is 1. The van der Waals surface area contributed by atoms with Gasteiger partial charge in [0, 0.05) is 26.0 Å². The summed E-state index contributed by atoms with van der Waals surface area (Å²) in [6, 6.07) is 0. The molecule has 1 heterocycles. The molecule has 4 nitrogen and oxygen atoms in total.